The van der Waals surface area contributed by atoms with Crippen molar-refractivity contribution in [1.29, 1.82) is 0 Å². The standard InChI is InChI=1S/C11H13FOS/c1-8-6-14-7-11(8,13)9-3-2-4-10(12)5-9/h2-5,8,13H,6-7H2,1H3/t8-,11-/m1/s1. The van der Waals surface area contributed by atoms with Crippen LogP contribution in [0.2, 0.25) is 0 Å². The fourth-order valence-electron chi connectivity index (χ4n) is 1.80. The molecule has 76 valence electrons. The Balaban J connectivity index is 2.38. The molecule has 1 aliphatic heterocycles. The first-order valence-corrected chi connectivity index (χ1v) is 5.84. The van der Waals surface area contributed by atoms with Gasteiger partial charge in [-0.25, -0.2) is 4.39 Å². The van der Waals surface area contributed by atoms with Crippen molar-refractivity contribution >= 4 is 11.8 Å². The molecule has 3 heteroatoms. The first kappa shape index (κ1) is 9.99. The number of benzene rings is 1. The van der Waals surface area contributed by atoms with Gasteiger partial charge < -0.3 is 5.11 Å². The normalized spacial score (nSPS) is 32.1. The lowest BCUT2D eigenvalue weighted by Crippen LogP contribution is -2.32. The molecule has 1 fully saturated rings. The molecule has 2 atom stereocenters. The van der Waals surface area contributed by atoms with Gasteiger partial charge in [-0.15, -0.1) is 0 Å². The second-order valence-electron chi connectivity index (χ2n) is 3.85. The molecule has 0 saturated carbocycles. The SMILES string of the molecule is C[C@@H]1CSC[C@]1(O)c1cccc(F)c1. The average molecular weight is 212 g/mol. The van der Waals surface area contributed by atoms with E-state index in [-0.39, 0.29) is 11.7 Å². The maximum Gasteiger partial charge on any atom is 0.123 e. The third kappa shape index (κ3) is 1.55. The quantitative estimate of drug-likeness (QED) is 0.771. The largest absolute Gasteiger partial charge is 0.384 e. The van der Waals surface area contributed by atoms with Crippen LogP contribution in [-0.4, -0.2) is 16.6 Å². The molecule has 0 unspecified atom stereocenters. The first-order valence-electron chi connectivity index (χ1n) is 4.69. The van der Waals surface area contributed by atoms with Gasteiger partial charge in [0, 0.05) is 5.75 Å². The highest BCUT2D eigenvalue weighted by Gasteiger charge is 2.40. The smallest absolute Gasteiger partial charge is 0.123 e. The Kier molecular flexibility index (Phi) is 2.54. The van der Waals surface area contributed by atoms with E-state index in [1.54, 1.807) is 23.9 Å². The van der Waals surface area contributed by atoms with Crippen molar-refractivity contribution < 1.29 is 9.50 Å². The number of hydrogen-bond donors (Lipinski definition) is 1. The van der Waals surface area contributed by atoms with Crippen LogP contribution in [0, 0.1) is 11.7 Å². The summed E-state index contributed by atoms with van der Waals surface area (Å²) in [7, 11) is 0. The number of thioether (sulfide) groups is 1. The summed E-state index contributed by atoms with van der Waals surface area (Å²) in [6.45, 7) is 2.00. The van der Waals surface area contributed by atoms with Crippen molar-refractivity contribution in [3.05, 3.63) is 35.6 Å². The van der Waals surface area contributed by atoms with Gasteiger partial charge >= 0.3 is 0 Å². The highest BCUT2D eigenvalue weighted by atomic mass is 32.2. The molecule has 0 amide bonds. The maximum absolute atomic E-state index is 13.0. The molecule has 1 aromatic rings. The first-order chi connectivity index (χ1) is 6.63. The Labute approximate surface area is 87.3 Å². The van der Waals surface area contributed by atoms with Crippen LogP contribution in [0.3, 0.4) is 0 Å². The van der Waals surface area contributed by atoms with Gasteiger partial charge in [-0.3, -0.25) is 0 Å². The summed E-state index contributed by atoms with van der Waals surface area (Å²) >= 11 is 1.72. The third-order valence-electron chi connectivity index (χ3n) is 2.83. The molecule has 1 aliphatic rings. The van der Waals surface area contributed by atoms with E-state index in [0.717, 1.165) is 5.75 Å². The molecule has 0 aliphatic carbocycles. The summed E-state index contributed by atoms with van der Waals surface area (Å²) in [5.74, 6) is 1.51. The van der Waals surface area contributed by atoms with Crippen LogP contribution in [0.4, 0.5) is 4.39 Å². The maximum atomic E-state index is 13.0. The van der Waals surface area contributed by atoms with E-state index >= 15 is 0 Å². The second-order valence-corrected chi connectivity index (χ2v) is 4.88. The zero-order valence-corrected chi connectivity index (χ0v) is 8.85. The Hall–Kier alpha value is -0.540. The van der Waals surface area contributed by atoms with Crippen LogP contribution in [0.5, 0.6) is 0 Å². The van der Waals surface area contributed by atoms with Gasteiger partial charge in [0.25, 0.3) is 0 Å². The Morgan fingerprint density at radius 1 is 1.57 bits per heavy atom. The molecule has 0 spiro atoms. The monoisotopic (exact) mass is 212 g/mol. The Morgan fingerprint density at radius 2 is 2.36 bits per heavy atom. The summed E-state index contributed by atoms with van der Waals surface area (Å²) < 4.78 is 13.0. The van der Waals surface area contributed by atoms with Gasteiger partial charge in [0.1, 0.15) is 11.4 Å². The summed E-state index contributed by atoms with van der Waals surface area (Å²) in [5, 5.41) is 10.4. The minimum Gasteiger partial charge on any atom is -0.384 e. The Bertz CT molecular complexity index is 342. The van der Waals surface area contributed by atoms with Gasteiger partial charge in [-0.05, 0) is 29.4 Å². The Morgan fingerprint density at radius 3 is 2.93 bits per heavy atom. The van der Waals surface area contributed by atoms with Crippen molar-refractivity contribution in [3.63, 3.8) is 0 Å². The van der Waals surface area contributed by atoms with Gasteiger partial charge in [0.2, 0.25) is 0 Å². The van der Waals surface area contributed by atoms with E-state index in [1.807, 2.05) is 6.92 Å². The fraction of sp³-hybridized carbons (Fsp3) is 0.455. The molecule has 1 heterocycles. The lowest BCUT2D eigenvalue weighted by atomic mass is 9.85. The molecule has 1 aromatic carbocycles. The molecular formula is C11H13FOS. The van der Waals surface area contributed by atoms with Gasteiger partial charge in [0.05, 0.1) is 0 Å². The number of rotatable bonds is 1. The molecule has 1 saturated heterocycles. The number of hydrogen-bond acceptors (Lipinski definition) is 2. The number of halogens is 1. The minimum absolute atomic E-state index is 0.189. The molecule has 0 aromatic heterocycles. The van der Waals surface area contributed by atoms with Crippen molar-refractivity contribution in [2.24, 2.45) is 5.92 Å². The molecule has 14 heavy (non-hydrogen) atoms. The van der Waals surface area contributed by atoms with Crippen LogP contribution >= 0.6 is 11.8 Å². The van der Waals surface area contributed by atoms with Gasteiger partial charge in [0.15, 0.2) is 0 Å². The summed E-state index contributed by atoms with van der Waals surface area (Å²) in [6, 6.07) is 6.28. The van der Waals surface area contributed by atoms with Crippen LogP contribution < -0.4 is 0 Å². The minimum atomic E-state index is -0.841. The summed E-state index contributed by atoms with van der Waals surface area (Å²) in [6.07, 6.45) is 0. The van der Waals surface area contributed by atoms with E-state index in [4.69, 9.17) is 0 Å². The van der Waals surface area contributed by atoms with Crippen molar-refractivity contribution in [3.8, 4) is 0 Å². The average Bonchev–Trinajstić information content (AvgIpc) is 2.49. The highest BCUT2D eigenvalue weighted by Crippen LogP contribution is 2.41. The predicted molar refractivity (Wildman–Crippen MR) is 56.8 cm³/mol. The van der Waals surface area contributed by atoms with E-state index in [1.165, 1.54) is 12.1 Å². The van der Waals surface area contributed by atoms with E-state index in [2.05, 4.69) is 0 Å². The topological polar surface area (TPSA) is 20.2 Å². The fourth-order valence-corrected chi connectivity index (χ4v) is 3.31. The lowest BCUT2D eigenvalue weighted by molar-refractivity contribution is 0.0232. The lowest BCUT2D eigenvalue weighted by Gasteiger charge is -2.27. The van der Waals surface area contributed by atoms with Crippen LogP contribution in [-0.2, 0) is 5.60 Å². The van der Waals surface area contributed by atoms with Crippen molar-refractivity contribution in [1.82, 2.24) is 0 Å². The van der Waals surface area contributed by atoms with Crippen molar-refractivity contribution in [2.45, 2.75) is 12.5 Å². The molecule has 1 nitrogen and oxygen atoms in total. The molecular weight excluding hydrogens is 199 g/mol. The van der Waals surface area contributed by atoms with E-state index in [0.29, 0.717) is 11.3 Å². The van der Waals surface area contributed by atoms with Crippen LogP contribution in [0.15, 0.2) is 24.3 Å². The predicted octanol–water partition coefficient (Wildman–Crippen LogP) is 2.40. The van der Waals surface area contributed by atoms with E-state index in [9.17, 15) is 9.50 Å². The zero-order chi connectivity index (χ0) is 10.2. The summed E-state index contributed by atoms with van der Waals surface area (Å²) in [5.41, 5.74) is -0.137. The molecule has 0 radical (unpaired) electrons. The highest BCUT2D eigenvalue weighted by molar-refractivity contribution is 7.99. The molecule has 2 rings (SSSR count). The van der Waals surface area contributed by atoms with Gasteiger partial charge in [-0.2, -0.15) is 11.8 Å². The van der Waals surface area contributed by atoms with Gasteiger partial charge in [-0.1, -0.05) is 19.1 Å². The number of aliphatic hydroxyl groups is 1. The van der Waals surface area contributed by atoms with Crippen LogP contribution in [0.1, 0.15) is 12.5 Å². The van der Waals surface area contributed by atoms with E-state index < -0.39 is 5.60 Å². The molecule has 0 bridgehead atoms. The zero-order valence-electron chi connectivity index (χ0n) is 8.03. The second kappa shape index (κ2) is 3.55. The van der Waals surface area contributed by atoms with Crippen LogP contribution in [0.25, 0.3) is 0 Å². The summed E-state index contributed by atoms with van der Waals surface area (Å²) in [4.78, 5) is 0. The van der Waals surface area contributed by atoms with Crippen molar-refractivity contribution in [2.75, 3.05) is 11.5 Å². The molecule has 1 N–H and O–H groups in total. The third-order valence-corrected chi connectivity index (χ3v) is 4.21.